The average Bonchev–Trinajstić information content (AvgIpc) is 3.50. The average molecular weight is 446 g/mol. The Kier molecular flexibility index (Phi) is 5.69. The Morgan fingerprint density at radius 1 is 1.30 bits per heavy atom. The van der Waals surface area contributed by atoms with Crippen LogP contribution in [0.3, 0.4) is 0 Å². The lowest BCUT2D eigenvalue weighted by atomic mass is 9.85. The molecule has 4 atom stereocenters. The molecule has 6 nitrogen and oxygen atoms in total. The van der Waals surface area contributed by atoms with Crippen molar-refractivity contribution >= 4 is 50.9 Å². The van der Waals surface area contributed by atoms with Crippen LogP contribution in [0.25, 0.3) is 10.9 Å². The normalized spacial score (nSPS) is 28.2. The zero-order valence-corrected chi connectivity index (χ0v) is 18.4. The molecule has 5 rings (SSSR count). The molecule has 1 aromatic heterocycles. The second-order valence-corrected chi connectivity index (χ2v) is 10.5. The van der Waals surface area contributed by atoms with Crippen molar-refractivity contribution in [2.24, 2.45) is 22.6 Å². The van der Waals surface area contributed by atoms with Crippen LogP contribution in [0, 0.1) is 11.8 Å². The summed E-state index contributed by atoms with van der Waals surface area (Å²) in [5.41, 5.74) is 8.98. The number of aromatic nitrogens is 1. The van der Waals surface area contributed by atoms with Crippen molar-refractivity contribution in [3.63, 3.8) is 0 Å². The van der Waals surface area contributed by atoms with Gasteiger partial charge in [-0.15, -0.1) is 11.6 Å². The molecule has 1 aliphatic carbocycles. The minimum Gasteiger partial charge on any atom is -0.381 e. The Balaban J connectivity index is 1.43. The first-order chi connectivity index (χ1) is 14.6. The van der Waals surface area contributed by atoms with Gasteiger partial charge in [0.05, 0.1) is 28.9 Å². The molecule has 1 amide bonds. The SMILES string of the molecule is NC(=O)C(C1CCNC1)[C@@H]1N=C(c2cc3cccc(NC4CCCC4)c3[nH]2)SC1Cl. The van der Waals surface area contributed by atoms with E-state index in [1.807, 2.05) is 0 Å². The maximum absolute atomic E-state index is 12.3. The summed E-state index contributed by atoms with van der Waals surface area (Å²) in [7, 11) is 0. The van der Waals surface area contributed by atoms with Crippen LogP contribution in [-0.2, 0) is 4.79 Å². The highest BCUT2D eigenvalue weighted by Gasteiger charge is 2.43. The molecule has 3 heterocycles. The number of aromatic amines is 1. The first-order valence-corrected chi connectivity index (χ1v) is 12.2. The summed E-state index contributed by atoms with van der Waals surface area (Å²) < 4.78 is -0.291. The standard InChI is InChI=1S/C22H28ClN5OS/c23-20-19(17(21(24)29)13-8-9-25-11-13)28-22(30-20)16-10-12-4-3-7-15(18(12)27-16)26-14-5-1-2-6-14/h3-4,7,10,13-14,17,19-20,25-27H,1-2,5-6,8-9,11H2,(H2,24,29)/t13?,17?,19-,20?/m0/s1. The van der Waals surface area contributed by atoms with E-state index < -0.39 is 0 Å². The van der Waals surface area contributed by atoms with E-state index in [1.54, 1.807) is 0 Å². The second-order valence-electron chi connectivity index (χ2n) is 8.65. The Morgan fingerprint density at radius 2 is 2.13 bits per heavy atom. The maximum atomic E-state index is 12.3. The summed E-state index contributed by atoms with van der Waals surface area (Å²) in [5.74, 6) is -0.441. The molecule has 3 unspecified atom stereocenters. The number of primary amides is 1. The number of para-hydroxylation sites is 1. The molecule has 1 aromatic carbocycles. The summed E-state index contributed by atoms with van der Waals surface area (Å²) in [4.78, 5) is 20.7. The van der Waals surface area contributed by atoms with Crippen LogP contribution in [0.1, 0.15) is 37.8 Å². The third kappa shape index (κ3) is 3.83. The number of carbonyl (C=O) groups is 1. The van der Waals surface area contributed by atoms with E-state index in [4.69, 9.17) is 22.3 Å². The molecule has 0 bridgehead atoms. The highest BCUT2D eigenvalue weighted by Crippen LogP contribution is 2.40. The topological polar surface area (TPSA) is 95.3 Å². The Labute approximate surface area is 185 Å². The van der Waals surface area contributed by atoms with Crippen molar-refractivity contribution in [3.8, 4) is 0 Å². The zero-order chi connectivity index (χ0) is 20.7. The minimum atomic E-state index is -0.337. The van der Waals surface area contributed by atoms with E-state index in [0.717, 1.165) is 46.8 Å². The van der Waals surface area contributed by atoms with Crippen LogP contribution in [0.4, 0.5) is 5.69 Å². The fraction of sp³-hybridized carbons (Fsp3) is 0.545. The van der Waals surface area contributed by atoms with Gasteiger partial charge in [-0.25, -0.2) is 0 Å². The van der Waals surface area contributed by atoms with Gasteiger partial charge < -0.3 is 21.4 Å². The fourth-order valence-corrected chi connectivity index (χ4v) is 6.59. The highest BCUT2D eigenvalue weighted by atomic mass is 35.5. The van der Waals surface area contributed by atoms with Crippen molar-refractivity contribution in [2.75, 3.05) is 18.4 Å². The van der Waals surface area contributed by atoms with E-state index in [9.17, 15) is 4.79 Å². The van der Waals surface area contributed by atoms with Gasteiger partial charge in [0.15, 0.2) is 0 Å². The Morgan fingerprint density at radius 3 is 2.87 bits per heavy atom. The number of hydrogen-bond acceptors (Lipinski definition) is 5. The number of alkyl halides is 1. The number of nitrogens with one attached hydrogen (secondary N) is 3. The number of thioether (sulfide) groups is 1. The Bertz CT molecular complexity index is 964. The molecule has 2 aromatic rings. The second kappa shape index (κ2) is 8.44. The van der Waals surface area contributed by atoms with Crippen molar-refractivity contribution in [3.05, 3.63) is 30.0 Å². The van der Waals surface area contributed by atoms with Gasteiger partial charge in [0, 0.05) is 11.4 Å². The van der Waals surface area contributed by atoms with Gasteiger partial charge in [-0.2, -0.15) is 0 Å². The number of hydrogen-bond donors (Lipinski definition) is 4. The molecule has 2 aliphatic heterocycles. The van der Waals surface area contributed by atoms with Crippen LogP contribution in [0.15, 0.2) is 29.3 Å². The zero-order valence-electron chi connectivity index (χ0n) is 16.9. The lowest BCUT2D eigenvalue weighted by molar-refractivity contribution is -0.123. The van der Waals surface area contributed by atoms with Crippen LogP contribution in [0.2, 0.25) is 0 Å². The number of nitrogens with two attached hydrogens (primary N) is 1. The molecule has 2 fully saturated rings. The Hall–Kier alpha value is -1.70. The van der Waals surface area contributed by atoms with Crippen molar-refractivity contribution in [1.82, 2.24) is 10.3 Å². The van der Waals surface area contributed by atoms with Gasteiger partial charge in [0.25, 0.3) is 0 Å². The molecular weight excluding hydrogens is 418 g/mol. The molecule has 5 N–H and O–H groups in total. The molecule has 160 valence electrons. The lowest BCUT2D eigenvalue weighted by Gasteiger charge is -2.25. The molecule has 1 saturated heterocycles. The highest BCUT2D eigenvalue weighted by molar-refractivity contribution is 8.16. The van der Waals surface area contributed by atoms with Crippen LogP contribution < -0.4 is 16.4 Å². The predicted molar refractivity (Wildman–Crippen MR) is 125 cm³/mol. The van der Waals surface area contributed by atoms with Gasteiger partial charge in [-0.05, 0) is 50.4 Å². The quantitative estimate of drug-likeness (QED) is 0.510. The van der Waals surface area contributed by atoms with E-state index in [1.165, 1.54) is 37.4 Å². The molecule has 30 heavy (non-hydrogen) atoms. The number of halogens is 1. The number of amides is 1. The minimum absolute atomic E-state index is 0.197. The first-order valence-electron chi connectivity index (χ1n) is 10.9. The molecule has 0 radical (unpaired) electrons. The molecule has 1 saturated carbocycles. The number of aliphatic imine (C=N–C) groups is 1. The van der Waals surface area contributed by atoms with Crippen molar-refractivity contribution in [2.45, 2.75) is 48.9 Å². The van der Waals surface area contributed by atoms with Gasteiger partial charge >= 0.3 is 0 Å². The predicted octanol–water partition coefficient (Wildman–Crippen LogP) is 3.66. The number of nitrogens with zero attached hydrogens (tertiary/aromatic N) is 1. The van der Waals surface area contributed by atoms with Gasteiger partial charge in [-0.1, -0.05) is 36.7 Å². The van der Waals surface area contributed by atoms with E-state index in [0.29, 0.717) is 6.04 Å². The van der Waals surface area contributed by atoms with E-state index in [-0.39, 0.29) is 28.5 Å². The molecule has 8 heteroatoms. The van der Waals surface area contributed by atoms with Crippen LogP contribution >= 0.6 is 23.4 Å². The lowest BCUT2D eigenvalue weighted by Crippen LogP contribution is -2.41. The number of carbonyl (C=O) groups excluding carboxylic acids is 1. The third-order valence-electron chi connectivity index (χ3n) is 6.66. The number of benzene rings is 1. The first kappa shape index (κ1) is 20.2. The molecule has 3 aliphatic rings. The summed E-state index contributed by atoms with van der Waals surface area (Å²) in [6.45, 7) is 1.71. The number of H-pyrrole nitrogens is 1. The van der Waals surface area contributed by atoms with E-state index in [2.05, 4.69) is 39.9 Å². The third-order valence-corrected chi connectivity index (χ3v) is 8.24. The van der Waals surface area contributed by atoms with Crippen LogP contribution in [0.5, 0.6) is 0 Å². The fourth-order valence-electron chi connectivity index (χ4n) is 5.12. The number of rotatable bonds is 6. The molecule has 0 spiro atoms. The van der Waals surface area contributed by atoms with E-state index >= 15 is 0 Å². The maximum Gasteiger partial charge on any atom is 0.223 e. The monoisotopic (exact) mass is 445 g/mol. The van der Waals surface area contributed by atoms with Crippen LogP contribution in [-0.4, -0.2) is 45.8 Å². The number of fused-ring (bicyclic) bond motifs is 1. The number of anilines is 1. The summed E-state index contributed by atoms with van der Waals surface area (Å²) >= 11 is 8.20. The smallest absolute Gasteiger partial charge is 0.223 e. The summed E-state index contributed by atoms with van der Waals surface area (Å²) in [6.07, 6.45) is 5.99. The summed E-state index contributed by atoms with van der Waals surface area (Å²) in [6, 6.07) is 8.72. The summed E-state index contributed by atoms with van der Waals surface area (Å²) in [5, 5.41) is 9.04. The van der Waals surface area contributed by atoms with Crippen molar-refractivity contribution in [1.29, 1.82) is 0 Å². The van der Waals surface area contributed by atoms with Crippen molar-refractivity contribution < 1.29 is 4.79 Å². The largest absolute Gasteiger partial charge is 0.381 e. The van der Waals surface area contributed by atoms with Gasteiger partial charge in [0.1, 0.15) is 9.75 Å². The molecular formula is C22H28ClN5OS. The van der Waals surface area contributed by atoms with Gasteiger partial charge in [-0.3, -0.25) is 9.79 Å². The van der Waals surface area contributed by atoms with Gasteiger partial charge in [0.2, 0.25) is 5.91 Å².